The van der Waals surface area contributed by atoms with Crippen LogP contribution in [-0.4, -0.2) is 55.5 Å². The highest BCUT2D eigenvalue weighted by Gasteiger charge is 2.25. The Bertz CT molecular complexity index is 634. The van der Waals surface area contributed by atoms with Crippen molar-refractivity contribution in [3.05, 3.63) is 29.8 Å². The maximum absolute atomic E-state index is 12.3. The minimum Gasteiger partial charge on any atom is -0.354 e. The van der Waals surface area contributed by atoms with Crippen LogP contribution in [0.15, 0.2) is 24.3 Å². The van der Waals surface area contributed by atoms with Gasteiger partial charge < -0.3 is 16.0 Å². The molecule has 0 saturated carbocycles. The van der Waals surface area contributed by atoms with Crippen molar-refractivity contribution in [2.75, 3.05) is 38.0 Å². The highest BCUT2D eigenvalue weighted by molar-refractivity contribution is 5.92. The van der Waals surface area contributed by atoms with Crippen molar-refractivity contribution in [2.45, 2.75) is 38.6 Å². The molecule has 0 spiro atoms. The number of hydrogen-bond donors (Lipinski definition) is 3. The molecule has 2 aliphatic heterocycles. The summed E-state index contributed by atoms with van der Waals surface area (Å²) in [4.78, 5) is 26.6. The van der Waals surface area contributed by atoms with Gasteiger partial charge in [0, 0.05) is 18.8 Å². The summed E-state index contributed by atoms with van der Waals surface area (Å²) >= 11 is 0. The van der Waals surface area contributed by atoms with E-state index in [1.54, 1.807) is 0 Å². The number of benzene rings is 1. The van der Waals surface area contributed by atoms with E-state index in [9.17, 15) is 9.59 Å². The number of carbonyl (C=O) groups excluding carboxylic acids is 2. The zero-order valence-electron chi connectivity index (χ0n) is 16.0. The molecular weight excluding hydrogens is 364 g/mol. The number of likely N-dealkylation sites (tertiary alicyclic amines) is 1. The van der Waals surface area contributed by atoms with Crippen LogP contribution >= 0.6 is 12.4 Å². The number of anilines is 1. The van der Waals surface area contributed by atoms with Crippen molar-refractivity contribution in [3.8, 4) is 0 Å². The standard InChI is InChI=1S/C20H30N4O2.ClH/c1-15-5-2-7-17(11-15)23-19(25)14-24-10-4-6-16(13-24)12-22-20(26)18-8-3-9-21-18;/h2,5,7,11,16,18,21H,3-4,6,8-10,12-14H2,1H3,(H,22,26)(H,23,25);1H. The average Bonchev–Trinajstić information content (AvgIpc) is 3.14. The molecule has 2 unspecified atom stereocenters. The van der Waals surface area contributed by atoms with Crippen LogP contribution < -0.4 is 16.0 Å². The molecule has 3 rings (SSSR count). The van der Waals surface area contributed by atoms with Crippen molar-refractivity contribution in [1.82, 2.24) is 15.5 Å². The monoisotopic (exact) mass is 394 g/mol. The second-order valence-corrected chi connectivity index (χ2v) is 7.56. The molecule has 0 aromatic heterocycles. The lowest BCUT2D eigenvalue weighted by Crippen LogP contribution is -2.46. The number of nitrogens with zero attached hydrogens (tertiary/aromatic N) is 1. The van der Waals surface area contributed by atoms with Crippen LogP contribution in [0.3, 0.4) is 0 Å². The van der Waals surface area contributed by atoms with Gasteiger partial charge in [-0.15, -0.1) is 12.4 Å². The molecule has 2 fully saturated rings. The van der Waals surface area contributed by atoms with Gasteiger partial charge in [0.25, 0.3) is 0 Å². The Hall–Kier alpha value is -1.63. The van der Waals surface area contributed by atoms with Crippen LogP contribution in [0.5, 0.6) is 0 Å². The Kier molecular flexibility index (Phi) is 8.54. The van der Waals surface area contributed by atoms with Crippen molar-refractivity contribution in [3.63, 3.8) is 0 Å². The summed E-state index contributed by atoms with van der Waals surface area (Å²) in [5, 5.41) is 9.29. The van der Waals surface area contributed by atoms with Gasteiger partial charge in [0.2, 0.25) is 11.8 Å². The minimum atomic E-state index is -0.0187. The lowest BCUT2D eigenvalue weighted by Gasteiger charge is -2.32. The predicted octanol–water partition coefficient (Wildman–Crippen LogP) is 1.94. The molecule has 3 N–H and O–H groups in total. The van der Waals surface area contributed by atoms with E-state index >= 15 is 0 Å². The maximum Gasteiger partial charge on any atom is 0.238 e. The molecule has 7 heteroatoms. The predicted molar refractivity (Wildman–Crippen MR) is 110 cm³/mol. The fraction of sp³-hybridized carbons (Fsp3) is 0.600. The summed E-state index contributed by atoms with van der Waals surface area (Å²) in [6, 6.07) is 7.83. The number of amides is 2. The Morgan fingerprint density at radius 2 is 2.11 bits per heavy atom. The molecule has 2 amide bonds. The molecule has 0 bridgehead atoms. The van der Waals surface area contributed by atoms with Crippen LogP contribution in [0.1, 0.15) is 31.2 Å². The van der Waals surface area contributed by atoms with E-state index in [2.05, 4.69) is 20.9 Å². The third-order valence-corrected chi connectivity index (χ3v) is 5.21. The lowest BCUT2D eigenvalue weighted by atomic mass is 9.98. The molecule has 0 aliphatic carbocycles. The highest BCUT2D eigenvalue weighted by atomic mass is 35.5. The smallest absolute Gasteiger partial charge is 0.238 e. The van der Waals surface area contributed by atoms with Crippen molar-refractivity contribution < 1.29 is 9.59 Å². The number of hydrogen-bond acceptors (Lipinski definition) is 4. The van der Waals surface area contributed by atoms with Crippen molar-refractivity contribution >= 4 is 29.9 Å². The molecule has 2 atom stereocenters. The second kappa shape index (κ2) is 10.6. The molecule has 2 aliphatic rings. The topological polar surface area (TPSA) is 73.5 Å². The fourth-order valence-electron chi connectivity index (χ4n) is 3.86. The highest BCUT2D eigenvalue weighted by Crippen LogP contribution is 2.16. The largest absolute Gasteiger partial charge is 0.354 e. The number of piperidine rings is 1. The van der Waals surface area contributed by atoms with Gasteiger partial charge in [0.15, 0.2) is 0 Å². The van der Waals surface area contributed by atoms with Gasteiger partial charge in [-0.25, -0.2) is 0 Å². The zero-order chi connectivity index (χ0) is 18.4. The lowest BCUT2D eigenvalue weighted by molar-refractivity contribution is -0.123. The van der Waals surface area contributed by atoms with E-state index in [-0.39, 0.29) is 30.3 Å². The molecule has 0 radical (unpaired) electrons. The first-order valence-electron chi connectivity index (χ1n) is 9.70. The Labute approximate surface area is 167 Å². The SMILES string of the molecule is Cc1cccc(NC(=O)CN2CCCC(CNC(=O)C3CCCN3)C2)c1.Cl. The molecule has 6 nitrogen and oxygen atoms in total. The van der Waals surface area contributed by atoms with Crippen molar-refractivity contribution in [1.29, 1.82) is 0 Å². The van der Waals surface area contributed by atoms with Crippen LogP contribution in [0.4, 0.5) is 5.69 Å². The Balaban J connectivity index is 0.00000261. The van der Waals surface area contributed by atoms with E-state index in [0.717, 1.165) is 56.6 Å². The number of nitrogens with one attached hydrogen (secondary N) is 3. The molecular formula is C20H31ClN4O2. The summed E-state index contributed by atoms with van der Waals surface area (Å²) in [6.07, 6.45) is 4.18. The third-order valence-electron chi connectivity index (χ3n) is 5.21. The minimum absolute atomic E-state index is 0. The van der Waals surface area contributed by atoms with E-state index in [1.807, 2.05) is 31.2 Å². The van der Waals surface area contributed by atoms with E-state index in [1.165, 1.54) is 0 Å². The van der Waals surface area contributed by atoms with Gasteiger partial charge in [-0.2, -0.15) is 0 Å². The van der Waals surface area contributed by atoms with Gasteiger partial charge in [0.05, 0.1) is 12.6 Å². The normalized spacial score (nSPS) is 22.7. The summed E-state index contributed by atoms with van der Waals surface area (Å²) < 4.78 is 0. The fourth-order valence-corrected chi connectivity index (χ4v) is 3.86. The molecule has 27 heavy (non-hydrogen) atoms. The summed E-state index contributed by atoms with van der Waals surface area (Å²) in [7, 11) is 0. The van der Waals surface area contributed by atoms with Crippen LogP contribution in [0, 0.1) is 12.8 Å². The number of aryl methyl sites for hydroxylation is 1. The molecule has 2 heterocycles. The van der Waals surface area contributed by atoms with Crippen molar-refractivity contribution in [2.24, 2.45) is 5.92 Å². The Morgan fingerprint density at radius 1 is 1.26 bits per heavy atom. The van der Waals surface area contributed by atoms with Crippen LogP contribution in [-0.2, 0) is 9.59 Å². The Morgan fingerprint density at radius 3 is 2.85 bits per heavy atom. The summed E-state index contributed by atoms with van der Waals surface area (Å²) in [5.74, 6) is 0.563. The van der Waals surface area contributed by atoms with Gasteiger partial charge in [-0.05, 0) is 69.3 Å². The first kappa shape index (κ1) is 21.7. The number of halogens is 1. The van der Waals surface area contributed by atoms with Gasteiger partial charge >= 0.3 is 0 Å². The number of carbonyl (C=O) groups is 2. The molecule has 150 valence electrons. The molecule has 2 saturated heterocycles. The van der Waals surface area contributed by atoms with Crippen LogP contribution in [0.25, 0.3) is 0 Å². The van der Waals surface area contributed by atoms with Gasteiger partial charge in [0.1, 0.15) is 0 Å². The third kappa shape index (κ3) is 6.79. The second-order valence-electron chi connectivity index (χ2n) is 7.56. The van der Waals surface area contributed by atoms with E-state index in [4.69, 9.17) is 0 Å². The zero-order valence-corrected chi connectivity index (χ0v) is 16.8. The van der Waals surface area contributed by atoms with Gasteiger partial charge in [-0.3, -0.25) is 14.5 Å². The quantitative estimate of drug-likeness (QED) is 0.689. The van der Waals surface area contributed by atoms with Crippen LogP contribution in [0.2, 0.25) is 0 Å². The number of rotatable bonds is 6. The maximum atomic E-state index is 12.3. The first-order valence-corrected chi connectivity index (χ1v) is 9.70. The molecule has 1 aromatic carbocycles. The average molecular weight is 395 g/mol. The van der Waals surface area contributed by atoms with E-state index in [0.29, 0.717) is 19.0 Å². The van der Waals surface area contributed by atoms with Gasteiger partial charge in [-0.1, -0.05) is 12.1 Å². The summed E-state index contributed by atoms with van der Waals surface area (Å²) in [5.41, 5.74) is 1.98. The van der Waals surface area contributed by atoms with E-state index < -0.39 is 0 Å². The first-order chi connectivity index (χ1) is 12.6. The molecule has 1 aromatic rings. The summed E-state index contributed by atoms with van der Waals surface area (Å²) in [6.45, 7) is 5.86.